The molecular weight excluding hydrogens is 270 g/mol. The number of primary amides is 1. The molecule has 0 heterocycles. The Hall–Kier alpha value is -2.82. The number of nitrogens with two attached hydrogens (primary N) is 1. The van der Waals surface area contributed by atoms with Gasteiger partial charge in [0.05, 0.1) is 12.7 Å². The lowest BCUT2D eigenvalue weighted by Gasteiger charge is -2.12. The maximum atomic E-state index is 11.3. The Labute approximate surface area is 122 Å². The number of carbonyl (C=O) groups excluding carboxylic acids is 2. The molecule has 0 spiro atoms. The molecule has 5 nitrogen and oxygen atoms in total. The van der Waals surface area contributed by atoms with Gasteiger partial charge in [-0.2, -0.15) is 0 Å². The van der Waals surface area contributed by atoms with E-state index in [2.05, 4.69) is 0 Å². The molecular formula is C16H15NO4. The molecule has 0 bridgehead atoms. The van der Waals surface area contributed by atoms with Crippen molar-refractivity contribution in [1.82, 2.24) is 0 Å². The molecule has 108 valence electrons. The van der Waals surface area contributed by atoms with Gasteiger partial charge in [0.2, 0.25) is 0 Å². The summed E-state index contributed by atoms with van der Waals surface area (Å²) < 4.78 is 10.9. The van der Waals surface area contributed by atoms with Crippen LogP contribution in [0.25, 0.3) is 0 Å². The number of hydrogen-bond donors (Lipinski definition) is 1. The first-order valence-corrected chi connectivity index (χ1v) is 6.29. The van der Waals surface area contributed by atoms with Crippen molar-refractivity contribution in [3.8, 4) is 11.5 Å². The Morgan fingerprint density at radius 2 is 1.95 bits per heavy atom. The first-order chi connectivity index (χ1) is 10.2. The second kappa shape index (κ2) is 6.56. The highest BCUT2D eigenvalue weighted by atomic mass is 16.5. The Morgan fingerprint density at radius 3 is 2.62 bits per heavy atom. The van der Waals surface area contributed by atoms with Crippen LogP contribution in [0.2, 0.25) is 0 Å². The number of rotatable bonds is 6. The van der Waals surface area contributed by atoms with Crippen LogP contribution in [0.4, 0.5) is 0 Å². The van der Waals surface area contributed by atoms with Gasteiger partial charge < -0.3 is 15.2 Å². The molecule has 2 N–H and O–H groups in total. The molecule has 0 unspecified atom stereocenters. The molecule has 2 aromatic rings. The lowest BCUT2D eigenvalue weighted by molar-refractivity contribution is 0.0995. The van der Waals surface area contributed by atoms with Gasteiger partial charge in [-0.25, -0.2) is 0 Å². The summed E-state index contributed by atoms with van der Waals surface area (Å²) in [5, 5.41) is 0. The zero-order valence-corrected chi connectivity index (χ0v) is 11.5. The van der Waals surface area contributed by atoms with Crippen molar-refractivity contribution in [3.63, 3.8) is 0 Å². The number of ether oxygens (including phenoxy) is 2. The number of amides is 1. The summed E-state index contributed by atoms with van der Waals surface area (Å²) in [7, 11) is 1.54. The van der Waals surface area contributed by atoms with E-state index >= 15 is 0 Å². The van der Waals surface area contributed by atoms with Gasteiger partial charge in [0.1, 0.15) is 24.4 Å². The SMILES string of the molecule is COc1ccc(C=O)cc1COc1ccccc1C(N)=O. The van der Waals surface area contributed by atoms with E-state index in [0.29, 0.717) is 28.2 Å². The zero-order valence-electron chi connectivity index (χ0n) is 11.5. The van der Waals surface area contributed by atoms with Gasteiger partial charge in [-0.15, -0.1) is 0 Å². The first-order valence-electron chi connectivity index (χ1n) is 6.29. The molecule has 0 saturated carbocycles. The van der Waals surface area contributed by atoms with Crippen LogP contribution >= 0.6 is 0 Å². The van der Waals surface area contributed by atoms with Crippen molar-refractivity contribution in [3.05, 3.63) is 59.2 Å². The van der Waals surface area contributed by atoms with E-state index < -0.39 is 5.91 Å². The summed E-state index contributed by atoms with van der Waals surface area (Å²) in [6, 6.07) is 11.8. The van der Waals surface area contributed by atoms with Gasteiger partial charge in [0.15, 0.2) is 0 Å². The molecule has 0 atom stereocenters. The third-order valence-electron chi connectivity index (χ3n) is 2.98. The van der Waals surface area contributed by atoms with Crippen LogP contribution in [0, 0.1) is 0 Å². The fourth-order valence-electron chi connectivity index (χ4n) is 1.94. The van der Waals surface area contributed by atoms with Crippen molar-refractivity contribution in [2.75, 3.05) is 7.11 Å². The van der Waals surface area contributed by atoms with Gasteiger partial charge in [-0.05, 0) is 30.3 Å². The van der Waals surface area contributed by atoms with Crippen LogP contribution in [0.5, 0.6) is 11.5 Å². The maximum Gasteiger partial charge on any atom is 0.252 e. The minimum absolute atomic E-state index is 0.162. The lowest BCUT2D eigenvalue weighted by atomic mass is 10.1. The third kappa shape index (κ3) is 3.39. The van der Waals surface area contributed by atoms with Gasteiger partial charge in [0, 0.05) is 11.1 Å². The van der Waals surface area contributed by atoms with E-state index in [-0.39, 0.29) is 6.61 Å². The Kier molecular flexibility index (Phi) is 4.56. The van der Waals surface area contributed by atoms with Crippen LogP contribution in [0.1, 0.15) is 26.3 Å². The molecule has 0 aliphatic carbocycles. The van der Waals surface area contributed by atoms with Crippen molar-refractivity contribution in [2.24, 2.45) is 5.73 Å². The molecule has 2 rings (SSSR count). The average molecular weight is 285 g/mol. The van der Waals surface area contributed by atoms with E-state index in [9.17, 15) is 9.59 Å². The number of benzene rings is 2. The van der Waals surface area contributed by atoms with Crippen molar-refractivity contribution < 1.29 is 19.1 Å². The minimum atomic E-state index is -0.556. The number of methoxy groups -OCH3 is 1. The van der Waals surface area contributed by atoms with Crippen LogP contribution in [-0.4, -0.2) is 19.3 Å². The van der Waals surface area contributed by atoms with E-state index in [1.807, 2.05) is 0 Å². The average Bonchev–Trinajstić information content (AvgIpc) is 2.52. The quantitative estimate of drug-likeness (QED) is 0.825. The van der Waals surface area contributed by atoms with Crippen LogP contribution in [-0.2, 0) is 6.61 Å². The minimum Gasteiger partial charge on any atom is -0.496 e. The maximum absolute atomic E-state index is 11.3. The van der Waals surface area contributed by atoms with Crippen molar-refractivity contribution in [1.29, 1.82) is 0 Å². The summed E-state index contributed by atoms with van der Waals surface area (Å²) in [6.45, 7) is 0.162. The van der Waals surface area contributed by atoms with Gasteiger partial charge in [-0.3, -0.25) is 9.59 Å². The Bertz CT molecular complexity index is 667. The smallest absolute Gasteiger partial charge is 0.252 e. The Morgan fingerprint density at radius 1 is 1.19 bits per heavy atom. The van der Waals surface area contributed by atoms with Crippen LogP contribution < -0.4 is 15.2 Å². The van der Waals surface area contributed by atoms with E-state index in [1.54, 1.807) is 42.5 Å². The lowest BCUT2D eigenvalue weighted by Crippen LogP contribution is -2.13. The van der Waals surface area contributed by atoms with Gasteiger partial charge in [-0.1, -0.05) is 12.1 Å². The fourth-order valence-corrected chi connectivity index (χ4v) is 1.94. The predicted octanol–water partition coefficient (Wildman–Crippen LogP) is 2.19. The molecule has 0 fully saturated rings. The fraction of sp³-hybridized carbons (Fsp3) is 0.125. The van der Waals surface area contributed by atoms with E-state index in [4.69, 9.17) is 15.2 Å². The number of para-hydroxylation sites is 1. The summed E-state index contributed by atoms with van der Waals surface area (Å²) in [6.07, 6.45) is 0.750. The largest absolute Gasteiger partial charge is 0.496 e. The predicted molar refractivity (Wildman–Crippen MR) is 77.7 cm³/mol. The topological polar surface area (TPSA) is 78.6 Å². The van der Waals surface area contributed by atoms with Crippen molar-refractivity contribution in [2.45, 2.75) is 6.61 Å². The molecule has 0 aromatic heterocycles. The summed E-state index contributed by atoms with van der Waals surface area (Å²) >= 11 is 0. The highest BCUT2D eigenvalue weighted by molar-refractivity contribution is 5.95. The molecule has 1 amide bonds. The molecule has 0 aliphatic rings. The van der Waals surface area contributed by atoms with Crippen molar-refractivity contribution >= 4 is 12.2 Å². The van der Waals surface area contributed by atoms with Gasteiger partial charge >= 0.3 is 0 Å². The monoisotopic (exact) mass is 285 g/mol. The molecule has 21 heavy (non-hydrogen) atoms. The van der Waals surface area contributed by atoms with Crippen LogP contribution in [0.15, 0.2) is 42.5 Å². The molecule has 0 saturated heterocycles. The second-order valence-electron chi connectivity index (χ2n) is 4.34. The molecule has 0 aliphatic heterocycles. The normalized spacial score (nSPS) is 9.95. The van der Waals surface area contributed by atoms with Crippen LogP contribution in [0.3, 0.4) is 0 Å². The summed E-state index contributed by atoms with van der Waals surface area (Å²) in [4.78, 5) is 22.2. The number of aldehydes is 1. The highest BCUT2D eigenvalue weighted by Gasteiger charge is 2.10. The second-order valence-corrected chi connectivity index (χ2v) is 4.34. The Balaban J connectivity index is 2.24. The third-order valence-corrected chi connectivity index (χ3v) is 2.98. The first kappa shape index (κ1) is 14.6. The molecule has 2 aromatic carbocycles. The number of hydrogen-bond acceptors (Lipinski definition) is 4. The zero-order chi connectivity index (χ0) is 15.2. The standard InChI is InChI=1S/C16H15NO4/c1-20-14-7-6-11(9-18)8-12(14)10-21-15-5-3-2-4-13(15)16(17)19/h2-9H,10H2,1H3,(H2,17,19). The molecule has 5 heteroatoms. The van der Waals surface area contributed by atoms with E-state index in [0.717, 1.165) is 6.29 Å². The summed E-state index contributed by atoms with van der Waals surface area (Å²) in [5.74, 6) is 0.444. The van der Waals surface area contributed by atoms with E-state index in [1.165, 1.54) is 7.11 Å². The highest BCUT2D eigenvalue weighted by Crippen LogP contribution is 2.23. The van der Waals surface area contributed by atoms with Gasteiger partial charge in [0.25, 0.3) is 5.91 Å². The number of carbonyl (C=O) groups is 2. The molecule has 0 radical (unpaired) electrons. The summed E-state index contributed by atoms with van der Waals surface area (Å²) in [5.41, 5.74) is 6.84.